The van der Waals surface area contributed by atoms with Crippen molar-refractivity contribution in [3.8, 4) is 11.3 Å². The van der Waals surface area contributed by atoms with Crippen molar-refractivity contribution >= 4 is 5.65 Å². The third kappa shape index (κ3) is 3.61. The molecule has 0 unspecified atom stereocenters. The van der Waals surface area contributed by atoms with Gasteiger partial charge in [-0.1, -0.05) is 57.0 Å². The molecule has 3 nitrogen and oxygen atoms in total. The Hall–Kier alpha value is -2.16. The molecule has 2 aromatic heterocycles. The summed E-state index contributed by atoms with van der Waals surface area (Å²) in [6.07, 6.45) is 6.89. The number of aryl methyl sites for hydroxylation is 2. The Kier molecular flexibility index (Phi) is 5.06. The van der Waals surface area contributed by atoms with Crippen LogP contribution in [0.4, 0.5) is 0 Å². The molecule has 0 bridgehead atoms. The van der Waals surface area contributed by atoms with Crippen LogP contribution in [0.5, 0.6) is 0 Å². The minimum atomic E-state index is 0.976. The zero-order valence-corrected chi connectivity index (χ0v) is 14.1. The van der Waals surface area contributed by atoms with Crippen molar-refractivity contribution in [1.29, 1.82) is 0 Å². The molecule has 0 N–H and O–H groups in total. The number of benzene rings is 1. The van der Waals surface area contributed by atoms with Gasteiger partial charge in [-0.05, 0) is 31.7 Å². The highest BCUT2D eigenvalue weighted by atomic mass is 15.3. The summed E-state index contributed by atoms with van der Waals surface area (Å²) in [6.45, 7) is 4.46. The Bertz CT molecular complexity index is 759. The lowest BCUT2D eigenvalue weighted by Crippen LogP contribution is -2.04. The molecule has 3 heteroatoms. The molecule has 0 spiro atoms. The van der Waals surface area contributed by atoms with Gasteiger partial charge in [0.25, 0.3) is 0 Å². The van der Waals surface area contributed by atoms with Crippen molar-refractivity contribution < 1.29 is 0 Å². The molecule has 0 amide bonds. The van der Waals surface area contributed by atoms with Gasteiger partial charge in [0.05, 0.1) is 5.69 Å². The summed E-state index contributed by atoms with van der Waals surface area (Å²) < 4.78 is 2.04. The normalized spacial score (nSPS) is 11.2. The highest BCUT2D eigenvalue weighted by Crippen LogP contribution is 2.21. The van der Waals surface area contributed by atoms with Gasteiger partial charge < -0.3 is 0 Å². The molecule has 23 heavy (non-hydrogen) atoms. The maximum atomic E-state index is 4.83. The van der Waals surface area contributed by atoms with Crippen molar-refractivity contribution in [1.82, 2.24) is 14.6 Å². The number of hydrogen-bond acceptors (Lipinski definition) is 2. The van der Waals surface area contributed by atoms with Gasteiger partial charge in [0.15, 0.2) is 5.65 Å². The van der Waals surface area contributed by atoms with Gasteiger partial charge in [0.1, 0.15) is 0 Å². The van der Waals surface area contributed by atoms with Crippen LogP contribution in [-0.2, 0) is 12.8 Å². The van der Waals surface area contributed by atoms with E-state index >= 15 is 0 Å². The van der Waals surface area contributed by atoms with Gasteiger partial charge in [-0.3, -0.25) is 0 Å². The largest absolute Gasteiger partial charge is 0.234 e. The summed E-state index contributed by atoms with van der Waals surface area (Å²) in [5.41, 5.74) is 5.61. The highest BCUT2D eigenvalue weighted by molar-refractivity contribution is 5.64. The van der Waals surface area contributed by atoms with Crippen molar-refractivity contribution in [2.75, 3.05) is 0 Å². The first-order chi connectivity index (χ1) is 11.3. The van der Waals surface area contributed by atoms with E-state index in [4.69, 9.17) is 10.1 Å². The minimum absolute atomic E-state index is 0.976. The summed E-state index contributed by atoms with van der Waals surface area (Å²) >= 11 is 0. The first kappa shape index (κ1) is 15.7. The lowest BCUT2D eigenvalue weighted by molar-refractivity contribution is 0.723. The number of aromatic nitrogens is 3. The van der Waals surface area contributed by atoms with Crippen LogP contribution >= 0.6 is 0 Å². The molecule has 2 heterocycles. The van der Waals surface area contributed by atoms with Crippen LogP contribution in [0.25, 0.3) is 16.9 Å². The Balaban J connectivity index is 2.03. The number of fused-ring (bicyclic) bond motifs is 1. The first-order valence-corrected chi connectivity index (χ1v) is 8.75. The molecular formula is C20H25N3. The maximum absolute atomic E-state index is 4.83. The molecule has 1 aromatic carbocycles. The number of rotatable bonds is 7. The predicted octanol–water partition coefficient (Wildman–Crippen LogP) is 5.08. The van der Waals surface area contributed by atoms with Gasteiger partial charge in [-0.2, -0.15) is 5.10 Å². The third-order valence-electron chi connectivity index (χ3n) is 4.20. The third-order valence-corrected chi connectivity index (χ3v) is 4.20. The zero-order valence-electron chi connectivity index (χ0n) is 14.1. The average Bonchev–Trinajstić information content (AvgIpc) is 3.03. The van der Waals surface area contributed by atoms with E-state index in [1.54, 1.807) is 0 Å². The van der Waals surface area contributed by atoms with Crippen molar-refractivity contribution in [2.45, 2.75) is 52.4 Å². The Morgan fingerprint density at radius 3 is 2.39 bits per heavy atom. The van der Waals surface area contributed by atoms with Gasteiger partial charge in [-0.15, -0.1) is 0 Å². The van der Waals surface area contributed by atoms with Gasteiger partial charge in [-0.25, -0.2) is 9.50 Å². The van der Waals surface area contributed by atoms with Crippen LogP contribution < -0.4 is 0 Å². The van der Waals surface area contributed by atoms with Crippen LogP contribution in [0.15, 0.2) is 42.5 Å². The summed E-state index contributed by atoms with van der Waals surface area (Å²) in [4.78, 5) is 4.83. The molecule has 0 aliphatic rings. The molecule has 0 aliphatic carbocycles. The van der Waals surface area contributed by atoms with E-state index < -0.39 is 0 Å². The van der Waals surface area contributed by atoms with E-state index in [0.29, 0.717) is 0 Å². The first-order valence-electron chi connectivity index (χ1n) is 8.75. The summed E-state index contributed by atoms with van der Waals surface area (Å²) in [5, 5.41) is 4.81. The molecular weight excluding hydrogens is 282 g/mol. The molecule has 0 saturated heterocycles. The fraction of sp³-hybridized carbons (Fsp3) is 0.400. The van der Waals surface area contributed by atoms with Crippen LogP contribution in [0.1, 0.15) is 50.9 Å². The summed E-state index contributed by atoms with van der Waals surface area (Å²) in [5.74, 6) is 0. The second-order valence-electron chi connectivity index (χ2n) is 6.11. The molecule has 120 valence electrons. The van der Waals surface area contributed by atoms with E-state index in [2.05, 4.69) is 50.2 Å². The molecule has 0 fully saturated rings. The van der Waals surface area contributed by atoms with E-state index in [1.165, 1.54) is 37.1 Å². The van der Waals surface area contributed by atoms with Crippen molar-refractivity contribution in [3.63, 3.8) is 0 Å². The molecule has 3 rings (SSSR count). The minimum Gasteiger partial charge on any atom is -0.234 e. The molecule has 0 atom stereocenters. The fourth-order valence-electron chi connectivity index (χ4n) is 2.87. The topological polar surface area (TPSA) is 30.2 Å². The fourth-order valence-corrected chi connectivity index (χ4v) is 2.87. The van der Waals surface area contributed by atoms with E-state index in [1.807, 2.05) is 10.6 Å². The Morgan fingerprint density at radius 1 is 0.913 bits per heavy atom. The maximum Gasteiger partial charge on any atom is 0.156 e. The lowest BCUT2D eigenvalue weighted by Gasteiger charge is -2.07. The SMILES string of the molecule is CCCCc1cc(CCCC)n2nc(-c3ccccc3)cc2n1. The van der Waals surface area contributed by atoms with E-state index in [9.17, 15) is 0 Å². The zero-order chi connectivity index (χ0) is 16.1. The Morgan fingerprint density at radius 2 is 1.65 bits per heavy atom. The average molecular weight is 307 g/mol. The van der Waals surface area contributed by atoms with Crippen molar-refractivity contribution in [2.24, 2.45) is 0 Å². The second-order valence-corrected chi connectivity index (χ2v) is 6.11. The summed E-state index contributed by atoms with van der Waals surface area (Å²) in [6, 6.07) is 14.7. The van der Waals surface area contributed by atoms with Crippen LogP contribution in [0.2, 0.25) is 0 Å². The molecule has 0 radical (unpaired) electrons. The molecule has 3 aromatic rings. The van der Waals surface area contributed by atoms with Gasteiger partial charge in [0, 0.05) is 23.0 Å². The molecule has 0 aliphatic heterocycles. The van der Waals surface area contributed by atoms with E-state index in [0.717, 1.165) is 29.7 Å². The van der Waals surface area contributed by atoms with Gasteiger partial charge >= 0.3 is 0 Å². The van der Waals surface area contributed by atoms with Crippen LogP contribution in [0, 0.1) is 0 Å². The summed E-state index contributed by atoms with van der Waals surface area (Å²) in [7, 11) is 0. The number of hydrogen-bond donors (Lipinski definition) is 0. The monoisotopic (exact) mass is 307 g/mol. The lowest BCUT2D eigenvalue weighted by atomic mass is 10.1. The smallest absolute Gasteiger partial charge is 0.156 e. The quantitative estimate of drug-likeness (QED) is 0.609. The second kappa shape index (κ2) is 7.40. The van der Waals surface area contributed by atoms with Crippen LogP contribution in [0.3, 0.4) is 0 Å². The Labute approximate surface area is 138 Å². The molecule has 0 saturated carbocycles. The van der Waals surface area contributed by atoms with Crippen molar-refractivity contribution in [3.05, 3.63) is 53.9 Å². The van der Waals surface area contributed by atoms with E-state index in [-0.39, 0.29) is 0 Å². The predicted molar refractivity (Wildman–Crippen MR) is 95.6 cm³/mol. The van der Waals surface area contributed by atoms with Crippen LogP contribution in [-0.4, -0.2) is 14.6 Å². The van der Waals surface area contributed by atoms with Gasteiger partial charge in [0.2, 0.25) is 0 Å². The highest BCUT2D eigenvalue weighted by Gasteiger charge is 2.10. The number of unbranched alkanes of at least 4 members (excludes halogenated alkanes) is 2. The number of nitrogens with zero attached hydrogens (tertiary/aromatic N) is 3. The standard InChI is InChI=1S/C20H25N3/c1-3-5-12-17-14-18(13-6-4-2)23-20(21-17)15-19(22-23)16-10-8-7-9-11-16/h7-11,14-15H,3-6,12-13H2,1-2H3.